The smallest absolute Gasteiger partial charge is 0.0651 e. The van der Waals surface area contributed by atoms with Gasteiger partial charge in [0.05, 0.1) is 7.85 Å². The quantitative estimate of drug-likeness (QED) is 0.529. The van der Waals surface area contributed by atoms with E-state index in [1.165, 1.54) is 38.5 Å². The van der Waals surface area contributed by atoms with E-state index in [0.717, 1.165) is 0 Å². The van der Waals surface area contributed by atoms with Gasteiger partial charge in [0, 0.05) is 0 Å². The van der Waals surface area contributed by atoms with Crippen molar-refractivity contribution in [2.45, 2.75) is 57.7 Å². The summed E-state index contributed by atoms with van der Waals surface area (Å²) in [5, 5.41) is 0.188. The molecular weight excluding hydrogens is 131 g/mol. The molecular formula is C10H19B. The van der Waals surface area contributed by atoms with E-state index in [1.807, 2.05) is 0 Å². The van der Waals surface area contributed by atoms with Gasteiger partial charge in [-0.25, -0.2) is 0 Å². The van der Waals surface area contributed by atoms with Crippen molar-refractivity contribution in [3.8, 4) is 0 Å². The summed E-state index contributed by atoms with van der Waals surface area (Å²) in [4.78, 5) is 0. The Morgan fingerprint density at radius 3 is 2.27 bits per heavy atom. The summed E-state index contributed by atoms with van der Waals surface area (Å²) in [6.07, 6.45) is 7.83. The summed E-state index contributed by atoms with van der Waals surface area (Å²) >= 11 is 0. The lowest BCUT2D eigenvalue weighted by molar-refractivity contribution is 0.279. The number of rotatable bonds is 2. The van der Waals surface area contributed by atoms with Crippen LogP contribution in [0.15, 0.2) is 0 Å². The molecule has 2 radical (unpaired) electrons. The van der Waals surface area contributed by atoms with Crippen molar-refractivity contribution in [1.29, 1.82) is 0 Å². The Morgan fingerprint density at radius 1 is 1.27 bits per heavy atom. The Labute approximate surface area is 72.2 Å². The molecule has 0 saturated heterocycles. The van der Waals surface area contributed by atoms with E-state index < -0.39 is 0 Å². The fourth-order valence-electron chi connectivity index (χ4n) is 2.11. The SMILES string of the molecule is [B]C1(C(C)CC)CCCCC1. The van der Waals surface area contributed by atoms with Crippen LogP contribution in [0.25, 0.3) is 0 Å². The maximum absolute atomic E-state index is 6.31. The first-order valence-electron chi connectivity index (χ1n) is 4.98. The largest absolute Gasteiger partial charge is 0.0749 e. The molecule has 0 heterocycles. The minimum Gasteiger partial charge on any atom is -0.0651 e. The first-order valence-corrected chi connectivity index (χ1v) is 4.98. The molecule has 1 aliphatic rings. The summed E-state index contributed by atoms with van der Waals surface area (Å²) < 4.78 is 0. The number of hydrogen-bond acceptors (Lipinski definition) is 0. The molecule has 1 fully saturated rings. The third-order valence-electron chi connectivity index (χ3n) is 3.38. The van der Waals surface area contributed by atoms with Crippen molar-refractivity contribution in [3.05, 3.63) is 0 Å². The van der Waals surface area contributed by atoms with E-state index in [4.69, 9.17) is 7.85 Å². The van der Waals surface area contributed by atoms with Gasteiger partial charge in [0.1, 0.15) is 0 Å². The second-order valence-electron chi connectivity index (χ2n) is 4.10. The number of hydrogen-bond donors (Lipinski definition) is 0. The Hall–Kier alpha value is 0.0649. The van der Waals surface area contributed by atoms with E-state index in [9.17, 15) is 0 Å². The molecule has 0 aromatic carbocycles. The first-order chi connectivity index (χ1) is 5.19. The standard InChI is InChI=1S/C10H19B/c1-3-9(2)10(11)7-5-4-6-8-10/h9H,3-8H2,1-2H3. The molecule has 0 aliphatic heterocycles. The first kappa shape index (κ1) is 9.16. The summed E-state index contributed by atoms with van der Waals surface area (Å²) in [5.74, 6) is 0.711. The topological polar surface area (TPSA) is 0 Å². The molecule has 0 aromatic rings. The average Bonchev–Trinajstić information content (AvgIpc) is 2.04. The van der Waals surface area contributed by atoms with Gasteiger partial charge < -0.3 is 0 Å². The maximum atomic E-state index is 6.31. The molecule has 11 heavy (non-hydrogen) atoms. The third-order valence-corrected chi connectivity index (χ3v) is 3.38. The van der Waals surface area contributed by atoms with Gasteiger partial charge in [-0.1, -0.05) is 57.7 Å². The molecule has 0 amide bonds. The van der Waals surface area contributed by atoms with Crippen LogP contribution >= 0.6 is 0 Å². The molecule has 1 saturated carbocycles. The lowest BCUT2D eigenvalue weighted by Crippen LogP contribution is -2.24. The molecule has 62 valence electrons. The highest BCUT2D eigenvalue weighted by Gasteiger charge is 2.30. The highest BCUT2D eigenvalue weighted by atomic mass is 14.3. The Balaban J connectivity index is 2.49. The van der Waals surface area contributed by atoms with Crippen molar-refractivity contribution in [2.75, 3.05) is 0 Å². The van der Waals surface area contributed by atoms with Crippen LogP contribution in [0, 0.1) is 5.92 Å². The van der Waals surface area contributed by atoms with Gasteiger partial charge in [-0.15, -0.1) is 0 Å². The molecule has 1 atom stereocenters. The third kappa shape index (κ3) is 2.01. The van der Waals surface area contributed by atoms with E-state index in [0.29, 0.717) is 5.92 Å². The lowest BCUT2D eigenvalue weighted by atomic mass is 9.54. The summed E-state index contributed by atoms with van der Waals surface area (Å²) in [6, 6.07) is 0. The molecule has 0 nitrogen and oxygen atoms in total. The van der Waals surface area contributed by atoms with Gasteiger partial charge in [-0.3, -0.25) is 0 Å². The van der Waals surface area contributed by atoms with Crippen LogP contribution in [-0.2, 0) is 0 Å². The van der Waals surface area contributed by atoms with Gasteiger partial charge >= 0.3 is 0 Å². The molecule has 1 rings (SSSR count). The Kier molecular flexibility index (Phi) is 3.03. The zero-order valence-corrected chi connectivity index (χ0v) is 7.90. The van der Waals surface area contributed by atoms with Crippen molar-refractivity contribution < 1.29 is 0 Å². The predicted octanol–water partition coefficient (Wildman–Crippen LogP) is 3.32. The van der Waals surface area contributed by atoms with E-state index in [-0.39, 0.29) is 5.31 Å². The second-order valence-corrected chi connectivity index (χ2v) is 4.10. The van der Waals surface area contributed by atoms with Crippen molar-refractivity contribution >= 4 is 7.85 Å². The summed E-state index contributed by atoms with van der Waals surface area (Å²) in [7, 11) is 6.31. The minimum absolute atomic E-state index is 0.188. The predicted molar refractivity (Wildman–Crippen MR) is 51.0 cm³/mol. The summed E-state index contributed by atoms with van der Waals surface area (Å²) in [5.41, 5.74) is 0. The van der Waals surface area contributed by atoms with Crippen molar-refractivity contribution in [2.24, 2.45) is 5.92 Å². The van der Waals surface area contributed by atoms with Gasteiger partial charge in [0.2, 0.25) is 0 Å². The van der Waals surface area contributed by atoms with Crippen LogP contribution < -0.4 is 0 Å². The molecule has 0 spiro atoms. The van der Waals surface area contributed by atoms with Crippen LogP contribution in [0.2, 0.25) is 5.31 Å². The Morgan fingerprint density at radius 2 is 1.82 bits per heavy atom. The Bertz CT molecular complexity index is 114. The molecule has 1 heteroatoms. The highest BCUT2D eigenvalue weighted by Crippen LogP contribution is 2.47. The van der Waals surface area contributed by atoms with Crippen LogP contribution in [0.3, 0.4) is 0 Å². The molecule has 1 unspecified atom stereocenters. The minimum atomic E-state index is 0.188. The molecule has 0 bridgehead atoms. The van der Waals surface area contributed by atoms with Crippen LogP contribution in [0.5, 0.6) is 0 Å². The second kappa shape index (κ2) is 3.64. The van der Waals surface area contributed by atoms with Crippen LogP contribution in [0.4, 0.5) is 0 Å². The van der Waals surface area contributed by atoms with Gasteiger partial charge in [0.25, 0.3) is 0 Å². The fraction of sp³-hybridized carbons (Fsp3) is 1.00. The maximum Gasteiger partial charge on any atom is 0.0749 e. The zero-order chi connectivity index (χ0) is 8.32. The van der Waals surface area contributed by atoms with Gasteiger partial charge in [0.15, 0.2) is 0 Å². The van der Waals surface area contributed by atoms with Gasteiger partial charge in [-0.2, -0.15) is 0 Å². The highest BCUT2D eigenvalue weighted by molar-refractivity contribution is 6.15. The van der Waals surface area contributed by atoms with Crippen molar-refractivity contribution in [3.63, 3.8) is 0 Å². The van der Waals surface area contributed by atoms with Crippen LogP contribution in [0.1, 0.15) is 52.4 Å². The molecule has 0 N–H and O–H groups in total. The summed E-state index contributed by atoms with van der Waals surface area (Å²) in [6.45, 7) is 4.54. The van der Waals surface area contributed by atoms with E-state index in [2.05, 4.69) is 13.8 Å². The van der Waals surface area contributed by atoms with E-state index in [1.54, 1.807) is 0 Å². The zero-order valence-electron chi connectivity index (χ0n) is 7.90. The molecule has 0 aromatic heterocycles. The van der Waals surface area contributed by atoms with Crippen LogP contribution in [-0.4, -0.2) is 7.85 Å². The molecule has 1 aliphatic carbocycles. The van der Waals surface area contributed by atoms with Gasteiger partial charge in [-0.05, 0) is 5.92 Å². The normalized spacial score (nSPS) is 26.4. The monoisotopic (exact) mass is 150 g/mol. The van der Waals surface area contributed by atoms with Crippen molar-refractivity contribution in [1.82, 2.24) is 0 Å². The van der Waals surface area contributed by atoms with E-state index >= 15 is 0 Å². The lowest BCUT2D eigenvalue weighted by Gasteiger charge is -2.39. The average molecular weight is 150 g/mol. The fourth-order valence-corrected chi connectivity index (χ4v) is 2.11.